The molecule has 1 aliphatic rings. The fraction of sp³-hybridized carbons (Fsp3) is 0.533. The summed E-state index contributed by atoms with van der Waals surface area (Å²) in [5, 5.41) is 3.80. The molecule has 0 aromatic heterocycles. The van der Waals surface area contributed by atoms with Crippen molar-refractivity contribution in [2.24, 2.45) is 0 Å². The van der Waals surface area contributed by atoms with Crippen molar-refractivity contribution in [2.45, 2.75) is 32.7 Å². The van der Waals surface area contributed by atoms with E-state index in [0.29, 0.717) is 18.1 Å². The van der Waals surface area contributed by atoms with Crippen LogP contribution in [0.25, 0.3) is 0 Å². The molecule has 0 spiro atoms. The molecule has 116 valence electrons. The Hall–Kier alpha value is -1.14. The second kappa shape index (κ2) is 5.93. The lowest BCUT2D eigenvalue weighted by Crippen LogP contribution is -2.52. The second-order valence-electron chi connectivity index (χ2n) is 5.88. The van der Waals surface area contributed by atoms with Crippen molar-refractivity contribution in [2.75, 3.05) is 23.4 Å². The standard InChI is InChI=1S/C15H22N2O2S2/c1-4-17(15(3)9-10-21(18,19)11-15)14(20)16-13-7-5-12(2)6-8-13/h5-8H,4,9-11H2,1-3H3,(H,16,20)/t15-/m1/s1. The molecule has 0 aliphatic carbocycles. The molecule has 1 N–H and O–H groups in total. The van der Waals surface area contributed by atoms with E-state index in [9.17, 15) is 8.42 Å². The minimum Gasteiger partial charge on any atom is -0.343 e. The first kappa shape index (κ1) is 16.2. The quantitative estimate of drug-likeness (QED) is 0.865. The Morgan fingerprint density at radius 3 is 2.48 bits per heavy atom. The summed E-state index contributed by atoms with van der Waals surface area (Å²) in [6.45, 7) is 6.69. The van der Waals surface area contributed by atoms with Gasteiger partial charge in [-0.1, -0.05) is 17.7 Å². The van der Waals surface area contributed by atoms with Gasteiger partial charge >= 0.3 is 0 Å². The molecule has 0 radical (unpaired) electrons. The third-order valence-corrected chi connectivity index (χ3v) is 6.21. The Morgan fingerprint density at radius 2 is 2.00 bits per heavy atom. The first-order valence-corrected chi connectivity index (χ1v) is 9.34. The molecule has 0 unspecified atom stereocenters. The maximum Gasteiger partial charge on any atom is 0.173 e. The van der Waals surface area contributed by atoms with Crippen molar-refractivity contribution in [3.8, 4) is 0 Å². The molecule has 6 heteroatoms. The summed E-state index contributed by atoms with van der Waals surface area (Å²) in [4.78, 5) is 1.99. The highest BCUT2D eigenvalue weighted by molar-refractivity contribution is 7.91. The van der Waals surface area contributed by atoms with Gasteiger partial charge in [-0.15, -0.1) is 0 Å². The lowest BCUT2D eigenvalue weighted by Gasteiger charge is -2.38. The van der Waals surface area contributed by atoms with E-state index in [4.69, 9.17) is 12.2 Å². The van der Waals surface area contributed by atoms with Gasteiger partial charge < -0.3 is 10.2 Å². The van der Waals surface area contributed by atoms with Crippen LogP contribution in [-0.4, -0.2) is 42.0 Å². The van der Waals surface area contributed by atoms with Crippen LogP contribution in [0.4, 0.5) is 5.69 Å². The van der Waals surface area contributed by atoms with Crippen LogP contribution in [0.2, 0.25) is 0 Å². The Balaban J connectivity index is 2.14. The topological polar surface area (TPSA) is 49.4 Å². The van der Waals surface area contributed by atoms with Crippen LogP contribution in [0.1, 0.15) is 25.8 Å². The molecule has 1 saturated heterocycles. The third kappa shape index (κ3) is 3.74. The highest BCUT2D eigenvalue weighted by atomic mass is 32.2. The number of anilines is 1. The molecule has 4 nitrogen and oxygen atoms in total. The van der Waals surface area contributed by atoms with Crippen LogP contribution in [0.15, 0.2) is 24.3 Å². The van der Waals surface area contributed by atoms with Gasteiger partial charge in [0.05, 0.1) is 17.0 Å². The van der Waals surface area contributed by atoms with Crippen molar-refractivity contribution in [3.05, 3.63) is 29.8 Å². The average Bonchev–Trinajstić information content (AvgIpc) is 2.68. The maximum atomic E-state index is 11.8. The Labute approximate surface area is 132 Å². The van der Waals surface area contributed by atoms with Crippen molar-refractivity contribution < 1.29 is 8.42 Å². The van der Waals surface area contributed by atoms with Crippen LogP contribution in [0.3, 0.4) is 0 Å². The Morgan fingerprint density at radius 1 is 1.38 bits per heavy atom. The molecule has 21 heavy (non-hydrogen) atoms. The summed E-state index contributed by atoms with van der Waals surface area (Å²) >= 11 is 5.49. The molecule has 2 rings (SSSR count). The summed E-state index contributed by atoms with van der Waals surface area (Å²) in [5.41, 5.74) is 1.70. The molecule has 1 heterocycles. The Bertz CT molecular complexity index is 626. The summed E-state index contributed by atoms with van der Waals surface area (Å²) in [7, 11) is -2.95. The molecule has 0 bridgehead atoms. The number of aryl methyl sites for hydroxylation is 1. The van der Waals surface area contributed by atoms with Crippen LogP contribution < -0.4 is 5.32 Å². The van der Waals surface area contributed by atoms with E-state index in [1.54, 1.807) is 0 Å². The van der Waals surface area contributed by atoms with Crippen LogP contribution in [-0.2, 0) is 9.84 Å². The summed E-state index contributed by atoms with van der Waals surface area (Å²) in [6, 6.07) is 7.98. The van der Waals surface area contributed by atoms with Crippen molar-refractivity contribution in [1.29, 1.82) is 0 Å². The summed E-state index contributed by atoms with van der Waals surface area (Å²) in [5.74, 6) is 0.413. The van der Waals surface area contributed by atoms with Gasteiger partial charge in [0, 0.05) is 12.2 Å². The number of benzene rings is 1. The van der Waals surface area contributed by atoms with Gasteiger partial charge in [0.1, 0.15) is 0 Å². The third-order valence-electron chi connectivity index (χ3n) is 4.00. The number of nitrogens with one attached hydrogen (secondary N) is 1. The van der Waals surface area contributed by atoms with Crippen molar-refractivity contribution in [3.63, 3.8) is 0 Å². The van der Waals surface area contributed by atoms with E-state index in [1.165, 1.54) is 5.56 Å². The van der Waals surface area contributed by atoms with Gasteiger partial charge in [-0.2, -0.15) is 0 Å². The molecule has 1 aromatic carbocycles. The van der Waals surface area contributed by atoms with Crippen LogP contribution in [0, 0.1) is 6.92 Å². The monoisotopic (exact) mass is 326 g/mol. The largest absolute Gasteiger partial charge is 0.343 e. The van der Waals surface area contributed by atoms with Gasteiger partial charge in [-0.05, 0) is 51.5 Å². The van der Waals surface area contributed by atoms with E-state index in [0.717, 1.165) is 5.69 Å². The Kier molecular flexibility index (Phi) is 4.58. The lowest BCUT2D eigenvalue weighted by molar-refractivity contribution is 0.234. The molecule has 1 fully saturated rings. The van der Waals surface area contributed by atoms with Crippen molar-refractivity contribution in [1.82, 2.24) is 4.90 Å². The number of sulfone groups is 1. The van der Waals surface area contributed by atoms with Gasteiger partial charge in [-0.3, -0.25) is 0 Å². The zero-order valence-electron chi connectivity index (χ0n) is 12.7. The van der Waals surface area contributed by atoms with Gasteiger partial charge in [0.2, 0.25) is 0 Å². The smallest absolute Gasteiger partial charge is 0.173 e. The lowest BCUT2D eigenvalue weighted by atomic mass is 10.00. The molecular weight excluding hydrogens is 304 g/mol. The minimum atomic E-state index is -2.95. The van der Waals surface area contributed by atoms with Crippen LogP contribution >= 0.6 is 12.2 Å². The summed E-state index contributed by atoms with van der Waals surface area (Å²) < 4.78 is 23.6. The van der Waals surface area contributed by atoms with E-state index in [2.05, 4.69) is 5.32 Å². The summed E-state index contributed by atoms with van der Waals surface area (Å²) in [6.07, 6.45) is 0.624. The molecule has 1 aromatic rings. The maximum absolute atomic E-state index is 11.8. The fourth-order valence-corrected chi connectivity index (χ4v) is 5.41. The number of nitrogens with zero attached hydrogens (tertiary/aromatic N) is 1. The van der Waals surface area contributed by atoms with E-state index < -0.39 is 15.4 Å². The molecular formula is C15H22N2O2S2. The first-order chi connectivity index (χ1) is 9.76. The van der Waals surface area contributed by atoms with Crippen molar-refractivity contribution >= 4 is 32.9 Å². The van der Waals surface area contributed by atoms with Gasteiger partial charge in [0.25, 0.3) is 0 Å². The number of rotatable bonds is 3. The molecule has 1 aliphatic heterocycles. The number of hydrogen-bond acceptors (Lipinski definition) is 3. The number of hydrogen-bond donors (Lipinski definition) is 1. The van der Waals surface area contributed by atoms with Gasteiger partial charge in [0.15, 0.2) is 14.9 Å². The minimum absolute atomic E-state index is 0.170. The number of thiocarbonyl (C=S) groups is 1. The fourth-order valence-electron chi connectivity index (χ4n) is 2.80. The highest BCUT2D eigenvalue weighted by Gasteiger charge is 2.43. The van der Waals surface area contributed by atoms with E-state index in [-0.39, 0.29) is 11.5 Å². The highest BCUT2D eigenvalue weighted by Crippen LogP contribution is 2.30. The zero-order valence-corrected chi connectivity index (χ0v) is 14.4. The predicted octanol–water partition coefficient (Wildman–Crippen LogP) is 2.59. The first-order valence-electron chi connectivity index (χ1n) is 7.11. The molecule has 0 saturated carbocycles. The predicted molar refractivity (Wildman–Crippen MR) is 91.5 cm³/mol. The zero-order chi connectivity index (χ0) is 15.7. The van der Waals surface area contributed by atoms with E-state index in [1.807, 2.05) is 49.9 Å². The molecule has 1 atom stereocenters. The van der Waals surface area contributed by atoms with Gasteiger partial charge in [-0.25, -0.2) is 8.42 Å². The SMILES string of the molecule is CCN(C(=S)Nc1ccc(C)cc1)[C@]1(C)CCS(=O)(=O)C1. The average molecular weight is 326 g/mol. The van der Waals surface area contributed by atoms with Crippen LogP contribution in [0.5, 0.6) is 0 Å². The second-order valence-corrected chi connectivity index (χ2v) is 8.45. The normalized spacial score (nSPS) is 23.8. The molecule has 0 amide bonds. The van der Waals surface area contributed by atoms with E-state index >= 15 is 0 Å².